The standard InChI is InChI=1S/C15H18ClF3N2O3/c1-7(5-12(22)23)9-3-4-10(16)11(6-9)21-14(24)13(20)8(2)15(17,18)19/h3-4,6-8,13H,5,20H2,1-2H3,(H,21,24)(H,22,23)/t7-,8?,13+/m1/s1. The van der Waals surface area contributed by atoms with Gasteiger partial charge in [-0.2, -0.15) is 13.2 Å². The highest BCUT2D eigenvalue weighted by Crippen LogP contribution is 2.30. The molecule has 0 aliphatic rings. The van der Waals surface area contributed by atoms with Crippen molar-refractivity contribution < 1.29 is 27.9 Å². The number of alkyl halides is 3. The molecule has 0 bridgehead atoms. The minimum absolute atomic E-state index is 0.0845. The maximum atomic E-state index is 12.6. The van der Waals surface area contributed by atoms with Crippen molar-refractivity contribution in [3.63, 3.8) is 0 Å². The Hall–Kier alpha value is -1.80. The molecule has 9 heteroatoms. The number of nitrogens with one attached hydrogen (secondary N) is 1. The van der Waals surface area contributed by atoms with Crippen LogP contribution < -0.4 is 11.1 Å². The zero-order valence-corrected chi connectivity index (χ0v) is 13.8. The first-order chi connectivity index (χ1) is 10.9. The van der Waals surface area contributed by atoms with Crippen molar-refractivity contribution >= 4 is 29.2 Å². The Balaban J connectivity index is 2.94. The number of carbonyl (C=O) groups excluding carboxylic acids is 1. The average Bonchev–Trinajstić information content (AvgIpc) is 2.46. The number of hydrogen-bond acceptors (Lipinski definition) is 3. The predicted molar refractivity (Wildman–Crippen MR) is 83.9 cm³/mol. The molecule has 0 radical (unpaired) electrons. The van der Waals surface area contributed by atoms with Crippen molar-refractivity contribution in [2.45, 2.75) is 38.4 Å². The Morgan fingerprint density at radius 3 is 2.42 bits per heavy atom. The summed E-state index contributed by atoms with van der Waals surface area (Å²) in [5.41, 5.74) is 6.02. The van der Waals surface area contributed by atoms with E-state index in [4.69, 9.17) is 22.4 Å². The maximum Gasteiger partial charge on any atom is 0.393 e. The molecule has 1 aromatic carbocycles. The van der Waals surface area contributed by atoms with Crippen LogP contribution in [0.1, 0.15) is 31.7 Å². The van der Waals surface area contributed by atoms with Gasteiger partial charge in [0.15, 0.2) is 0 Å². The molecule has 1 rings (SSSR count). The molecule has 1 aromatic rings. The molecule has 0 aromatic heterocycles. The lowest BCUT2D eigenvalue weighted by Gasteiger charge is -2.22. The summed E-state index contributed by atoms with van der Waals surface area (Å²) in [4.78, 5) is 22.7. The fraction of sp³-hybridized carbons (Fsp3) is 0.467. The first kappa shape index (κ1) is 20.2. The number of carbonyl (C=O) groups is 2. The number of hydrogen-bond donors (Lipinski definition) is 3. The Labute approximate surface area is 142 Å². The van der Waals surface area contributed by atoms with Gasteiger partial charge >= 0.3 is 12.1 Å². The van der Waals surface area contributed by atoms with E-state index in [1.807, 2.05) is 0 Å². The fourth-order valence-electron chi connectivity index (χ4n) is 1.97. The summed E-state index contributed by atoms with van der Waals surface area (Å²) in [6.07, 6.45) is -4.74. The van der Waals surface area contributed by atoms with E-state index in [1.54, 1.807) is 13.0 Å². The van der Waals surface area contributed by atoms with Crippen molar-refractivity contribution in [2.24, 2.45) is 11.7 Å². The molecule has 134 valence electrons. The highest BCUT2D eigenvalue weighted by molar-refractivity contribution is 6.33. The van der Waals surface area contributed by atoms with Crippen LogP contribution in [0.3, 0.4) is 0 Å². The predicted octanol–water partition coefficient (Wildman–Crippen LogP) is 3.38. The zero-order valence-electron chi connectivity index (χ0n) is 13.0. The van der Waals surface area contributed by atoms with Crippen molar-refractivity contribution in [3.8, 4) is 0 Å². The molecule has 1 unspecified atom stereocenters. The molecule has 0 heterocycles. The van der Waals surface area contributed by atoms with Crippen molar-refractivity contribution in [3.05, 3.63) is 28.8 Å². The molecule has 5 nitrogen and oxygen atoms in total. The smallest absolute Gasteiger partial charge is 0.393 e. The van der Waals surface area contributed by atoms with Gasteiger partial charge < -0.3 is 16.2 Å². The number of anilines is 1. The summed E-state index contributed by atoms with van der Waals surface area (Å²) in [6.45, 7) is 2.48. The molecule has 0 fully saturated rings. The van der Waals surface area contributed by atoms with Crippen molar-refractivity contribution in [1.82, 2.24) is 0 Å². The number of benzene rings is 1. The number of aliphatic carboxylic acids is 1. The number of rotatable bonds is 6. The highest BCUT2D eigenvalue weighted by atomic mass is 35.5. The van der Waals surface area contributed by atoms with E-state index in [-0.39, 0.29) is 23.0 Å². The van der Waals surface area contributed by atoms with Crippen LogP contribution in [0.2, 0.25) is 5.02 Å². The van der Waals surface area contributed by atoms with Crippen LogP contribution in [0.25, 0.3) is 0 Å². The quantitative estimate of drug-likeness (QED) is 0.719. The summed E-state index contributed by atoms with van der Waals surface area (Å²) >= 11 is 5.93. The summed E-state index contributed by atoms with van der Waals surface area (Å²) in [7, 11) is 0. The first-order valence-corrected chi connectivity index (χ1v) is 7.45. The van der Waals surface area contributed by atoms with E-state index < -0.39 is 30.0 Å². The van der Waals surface area contributed by atoms with Crippen molar-refractivity contribution in [1.29, 1.82) is 0 Å². The van der Waals surface area contributed by atoms with Gasteiger partial charge in [-0.25, -0.2) is 0 Å². The summed E-state index contributed by atoms with van der Waals surface area (Å²) in [6, 6.07) is 2.66. The number of carboxylic acid groups (broad SMARTS) is 1. The Morgan fingerprint density at radius 1 is 1.33 bits per heavy atom. The van der Waals surface area contributed by atoms with Crippen LogP contribution in [0.5, 0.6) is 0 Å². The van der Waals surface area contributed by atoms with Gasteiger partial charge in [-0.1, -0.05) is 31.5 Å². The highest BCUT2D eigenvalue weighted by Gasteiger charge is 2.42. The van der Waals surface area contributed by atoms with Gasteiger partial charge in [0, 0.05) is 0 Å². The minimum atomic E-state index is -4.60. The van der Waals surface area contributed by atoms with E-state index in [0.717, 1.165) is 6.92 Å². The van der Waals surface area contributed by atoms with Gasteiger partial charge in [0.05, 0.1) is 29.1 Å². The van der Waals surface area contributed by atoms with E-state index in [1.165, 1.54) is 12.1 Å². The number of amides is 1. The van der Waals surface area contributed by atoms with Gasteiger partial charge in [0.2, 0.25) is 5.91 Å². The van der Waals surface area contributed by atoms with Gasteiger partial charge in [-0.15, -0.1) is 0 Å². The molecule has 0 spiro atoms. The minimum Gasteiger partial charge on any atom is -0.481 e. The largest absolute Gasteiger partial charge is 0.481 e. The molecular formula is C15H18ClF3N2O3. The van der Waals surface area contributed by atoms with Crippen LogP contribution >= 0.6 is 11.6 Å². The van der Waals surface area contributed by atoms with Crippen LogP contribution in [0, 0.1) is 5.92 Å². The van der Waals surface area contributed by atoms with Gasteiger partial charge in [-0.3, -0.25) is 9.59 Å². The van der Waals surface area contributed by atoms with E-state index in [9.17, 15) is 22.8 Å². The van der Waals surface area contributed by atoms with Crippen LogP contribution in [0.4, 0.5) is 18.9 Å². The average molecular weight is 367 g/mol. The van der Waals surface area contributed by atoms with Crippen LogP contribution in [0.15, 0.2) is 18.2 Å². The third-order valence-corrected chi connectivity index (χ3v) is 3.99. The van der Waals surface area contributed by atoms with Gasteiger partial charge in [0.25, 0.3) is 0 Å². The normalized spacial score (nSPS) is 15.5. The van der Waals surface area contributed by atoms with Gasteiger partial charge in [0.1, 0.15) is 0 Å². The number of carboxylic acids is 1. The second kappa shape index (κ2) is 7.85. The van der Waals surface area contributed by atoms with Gasteiger partial charge in [-0.05, 0) is 23.6 Å². The number of nitrogens with two attached hydrogens (primary N) is 1. The molecule has 0 aliphatic carbocycles. The second-order valence-electron chi connectivity index (χ2n) is 5.58. The Morgan fingerprint density at radius 2 is 1.92 bits per heavy atom. The Bertz CT molecular complexity index is 622. The summed E-state index contributed by atoms with van der Waals surface area (Å²) in [5.74, 6) is -4.41. The first-order valence-electron chi connectivity index (χ1n) is 7.08. The maximum absolute atomic E-state index is 12.6. The molecule has 1 amide bonds. The van der Waals surface area contributed by atoms with Crippen molar-refractivity contribution in [2.75, 3.05) is 5.32 Å². The SMILES string of the molecule is CC([C@H](N)C(=O)Nc1cc([C@H](C)CC(=O)O)ccc1Cl)C(F)(F)F. The van der Waals surface area contributed by atoms with Crippen LogP contribution in [-0.2, 0) is 9.59 Å². The molecule has 3 atom stereocenters. The van der Waals surface area contributed by atoms with Crippen LogP contribution in [-0.4, -0.2) is 29.2 Å². The third kappa shape index (κ3) is 5.38. The third-order valence-electron chi connectivity index (χ3n) is 3.66. The van der Waals surface area contributed by atoms with E-state index in [2.05, 4.69) is 5.32 Å². The number of halogens is 4. The lowest BCUT2D eigenvalue weighted by Crippen LogP contribution is -2.46. The Kier molecular flexibility index (Phi) is 6.62. The molecule has 4 N–H and O–H groups in total. The molecule has 0 saturated heterocycles. The fourth-order valence-corrected chi connectivity index (χ4v) is 2.14. The van der Waals surface area contributed by atoms with E-state index >= 15 is 0 Å². The molecule has 0 aliphatic heterocycles. The monoisotopic (exact) mass is 366 g/mol. The molecule has 0 saturated carbocycles. The molecular weight excluding hydrogens is 349 g/mol. The lowest BCUT2D eigenvalue weighted by atomic mass is 9.97. The van der Waals surface area contributed by atoms with E-state index in [0.29, 0.717) is 5.56 Å². The molecule has 24 heavy (non-hydrogen) atoms. The zero-order chi connectivity index (χ0) is 18.7. The summed E-state index contributed by atoms with van der Waals surface area (Å²) < 4.78 is 37.9. The second-order valence-corrected chi connectivity index (χ2v) is 5.99. The lowest BCUT2D eigenvalue weighted by molar-refractivity contribution is -0.176. The summed E-state index contributed by atoms with van der Waals surface area (Å²) in [5, 5.41) is 11.2. The topological polar surface area (TPSA) is 92.4 Å².